The van der Waals surface area contributed by atoms with Crippen LogP contribution in [0, 0.1) is 5.41 Å². The summed E-state index contributed by atoms with van der Waals surface area (Å²) in [7, 11) is 0. The molecule has 1 heterocycles. The smallest absolute Gasteiger partial charge is 0.253 e. The predicted octanol–water partition coefficient (Wildman–Crippen LogP) is 3.31. The van der Waals surface area contributed by atoms with Gasteiger partial charge in [-0.25, -0.2) is 0 Å². The van der Waals surface area contributed by atoms with Crippen LogP contribution in [0.3, 0.4) is 0 Å². The van der Waals surface area contributed by atoms with Crippen LogP contribution in [0.1, 0.15) is 62.2 Å². The van der Waals surface area contributed by atoms with E-state index >= 15 is 0 Å². The number of hydrogen-bond donors (Lipinski definition) is 2. The monoisotopic (exact) mass is 329 g/mol. The number of para-hydroxylation sites is 1. The van der Waals surface area contributed by atoms with Gasteiger partial charge in [0.25, 0.3) is 5.91 Å². The minimum atomic E-state index is 0.0623. The first kappa shape index (κ1) is 17.3. The lowest BCUT2D eigenvalue weighted by molar-refractivity contribution is 0.0919. The molecule has 2 fully saturated rings. The fourth-order valence-corrected chi connectivity index (χ4v) is 4.05. The third-order valence-corrected chi connectivity index (χ3v) is 5.77. The van der Waals surface area contributed by atoms with Gasteiger partial charge in [-0.3, -0.25) is 4.79 Å². The maximum absolute atomic E-state index is 12.8. The van der Waals surface area contributed by atoms with Crippen LogP contribution in [0.2, 0.25) is 0 Å². The molecular weight excluding hydrogens is 298 g/mol. The highest BCUT2D eigenvalue weighted by Crippen LogP contribution is 2.35. The molecule has 0 unspecified atom stereocenters. The molecule has 0 aromatic heterocycles. The van der Waals surface area contributed by atoms with Crippen molar-refractivity contribution < 1.29 is 4.79 Å². The van der Waals surface area contributed by atoms with E-state index in [1.807, 2.05) is 18.2 Å². The molecule has 1 saturated heterocycles. The molecule has 0 atom stereocenters. The van der Waals surface area contributed by atoms with Crippen molar-refractivity contribution in [3.05, 3.63) is 29.8 Å². The summed E-state index contributed by atoms with van der Waals surface area (Å²) in [6, 6.07) is 8.28. The maximum atomic E-state index is 12.8. The van der Waals surface area contributed by atoms with E-state index in [0.29, 0.717) is 6.04 Å². The zero-order valence-corrected chi connectivity index (χ0v) is 14.9. The number of piperidine rings is 1. The van der Waals surface area contributed by atoms with Gasteiger partial charge in [-0.15, -0.1) is 0 Å². The van der Waals surface area contributed by atoms with Crippen LogP contribution < -0.4 is 16.0 Å². The van der Waals surface area contributed by atoms with Gasteiger partial charge < -0.3 is 16.0 Å². The van der Waals surface area contributed by atoms with Gasteiger partial charge in [0, 0.05) is 31.4 Å². The summed E-state index contributed by atoms with van der Waals surface area (Å²) in [6.45, 7) is 4.96. The lowest BCUT2D eigenvalue weighted by Gasteiger charge is -2.35. The molecule has 24 heavy (non-hydrogen) atoms. The normalized spacial score (nSPS) is 21.5. The molecule has 4 nitrogen and oxygen atoms in total. The van der Waals surface area contributed by atoms with E-state index in [4.69, 9.17) is 5.73 Å². The Labute approximate surface area is 145 Å². The van der Waals surface area contributed by atoms with Crippen molar-refractivity contribution in [1.82, 2.24) is 5.32 Å². The molecule has 2 aliphatic rings. The average molecular weight is 329 g/mol. The lowest BCUT2D eigenvalue weighted by atomic mass is 9.76. The van der Waals surface area contributed by atoms with Gasteiger partial charge >= 0.3 is 0 Å². The third kappa shape index (κ3) is 4.10. The Morgan fingerprint density at radius 2 is 1.88 bits per heavy atom. The van der Waals surface area contributed by atoms with Gasteiger partial charge in [0.1, 0.15) is 0 Å². The SMILES string of the molecule is CC1(CNC(=O)c2ccccc2N2CCC(N)CC2)CCCCC1. The Kier molecular flexibility index (Phi) is 5.44. The van der Waals surface area contributed by atoms with E-state index in [1.54, 1.807) is 0 Å². The molecule has 1 aliphatic heterocycles. The fraction of sp³-hybridized carbons (Fsp3) is 0.650. The summed E-state index contributed by atoms with van der Waals surface area (Å²) in [6.07, 6.45) is 8.34. The number of nitrogens with zero attached hydrogens (tertiary/aromatic N) is 1. The number of rotatable bonds is 4. The van der Waals surface area contributed by atoms with Crippen molar-refractivity contribution in [3.63, 3.8) is 0 Å². The molecule has 1 aliphatic carbocycles. The molecule has 1 aromatic carbocycles. The van der Waals surface area contributed by atoms with Crippen molar-refractivity contribution in [1.29, 1.82) is 0 Å². The van der Waals surface area contributed by atoms with Crippen LogP contribution in [-0.4, -0.2) is 31.6 Å². The number of carbonyl (C=O) groups is 1. The summed E-state index contributed by atoms with van der Waals surface area (Å²) < 4.78 is 0. The fourth-order valence-electron chi connectivity index (χ4n) is 4.05. The highest BCUT2D eigenvalue weighted by atomic mass is 16.1. The van der Waals surface area contributed by atoms with Crippen LogP contribution in [0.15, 0.2) is 24.3 Å². The standard InChI is InChI=1S/C20H31N3O/c1-20(11-5-2-6-12-20)15-22-19(24)17-7-3-4-8-18(17)23-13-9-16(21)10-14-23/h3-4,7-8,16H,2,5-6,9-15,21H2,1H3,(H,22,24). The number of amides is 1. The number of hydrogen-bond acceptors (Lipinski definition) is 3. The van der Waals surface area contributed by atoms with Gasteiger partial charge in [0.15, 0.2) is 0 Å². The first-order valence-electron chi connectivity index (χ1n) is 9.45. The van der Waals surface area contributed by atoms with Gasteiger partial charge in [-0.1, -0.05) is 38.3 Å². The molecule has 3 N–H and O–H groups in total. The van der Waals surface area contributed by atoms with E-state index in [-0.39, 0.29) is 11.3 Å². The van der Waals surface area contributed by atoms with Crippen LogP contribution in [0.5, 0.6) is 0 Å². The molecule has 1 aromatic rings. The summed E-state index contributed by atoms with van der Waals surface area (Å²) in [5, 5.41) is 3.21. The lowest BCUT2D eigenvalue weighted by Crippen LogP contribution is -2.41. The van der Waals surface area contributed by atoms with Crippen LogP contribution in [0.4, 0.5) is 5.69 Å². The first-order valence-corrected chi connectivity index (χ1v) is 9.45. The van der Waals surface area contributed by atoms with Crippen molar-refractivity contribution in [2.24, 2.45) is 11.1 Å². The quantitative estimate of drug-likeness (QED) is 0.891. The number of carbonyl (C=O) groups excluding carboxylic acids is 1. The van der Waals surface area contributed by atoms with E-state index in [9.17, 15) is 4.79 Å². The zero-order valence-electron chi connectivity index (χ0n) is 14.9. The highest BCUT2D eigenvalue weighted by Gasteiger charge is 2.28. The molecule has 3 rings (SSSR count). The Morgan fingerprint density at radius 1 is 1.21 bits per heavy atom. The Balaban J connectivity index is 1.66. The summed E-state index contributed by atoms with van der Waals surface area (Å²) in [5.41, 5.74) is 8.13. The maximum Gasteiger partial charge on any atom is 0.253 e. The molecule has 0 radical (unpaired) electrons. The average Bonchev–Trinajstić information content (AvgIpc) is 2.61. The number of nitrogens with two attached hydrogens (primary N) is 1. The molecule has 4 heteroatoms. The van der Waals surface area contributed by atoms with Gasteiger partial charge in [-0.05, 0) is 43.2 Å². The van der Waals surface area contributed by atoms with Crippen molar-refractivity contribution in [2.45, 2.75) is 57.9 Å². The first-order chi connectivity index (χ1) is 11.6. The second-order valence-corrected chi connectivity index (χ2v) is 7.90. The third-order valence-electron chi connectivity index (χ3n) is 5.77. The van der Waals surface area contributed by atoms with E-state index in [1.165, 1.54) is 32.1 Å². The van der Waals surface area contributed by atoms with E-state index in [0.717, 1.165) is 43.7 Å². The Bertz CT molecular complexity index is 558. The summed E-state index contributed by atoms with van der Waals surface area (Å²) in [5.74, 6) is 0.0623. The second-order valence-electron chi connectivity index (χ2n) is 7.90. The summed E-state index contributed by atoms with van der Waals surface area (Å²) in [4.78, 5) is 15.1. The second kappa shape index (κ2) is 7.56. The predicted molar refractivity (Wildman–Crippen MR) is 99.4 cm³/mol. The van der Waals surface area contributed by atoms with Gasteiger partial charge in [0.05, 0.1) is 5.56 Å². The minimum Gasteiger partial charge on any atom is -0.371 e. The summed E-state index contributed by atoms with van der Waals surface area (Å²) >= 11 is 0. The molecule has 132 valence electrons. The number of benzene rings is 1. The minimum absolute atomic E-state index is 0.0623. The molecule has 0 bridgehead atoms. The number of nitrogens with one attached hydrogen (secondary N) is 1. The highest BCUT2D eigenvalue weighted by molar-refractivity contribution is 5.99. The van der Waals surface area contributed by atoms with Crippen LogP contribution in [-0.2, 0) is 0 Å². The van der Waals surface area contributed by atoms with Crippen molar-refractivity contribution >= 4 is 11.6 Å². The Hall–Kier alpha value is -1.55. The Morgan fingerprint density at radius 3 is 2.58 bits per heavy atom. The van der Waals surface area contributed by atoms with E-state index < -0.39 is 0 Å². The van der Waals surface area contributed by atoms with Crippen molar-refractivity contribution in [3.8, 4) is 0 Å². The molecule has 0 spiro atoms. The van der Waals surface area contributed by atoms with Crippen LogP contribution in [0.25, 0.3) is 0 Å². The molecule has 1 saturated carbocycles. The van der Waals surface area contributed by atoms with E-state index in [2.05, 4.69) is 23.2 Å². The van der Waals surface area contributed by atoms with Crippen LogP contribution >= 0.6 is 0 Å². The molecule has 1 amide bonds. The number of anilines is 1. The largest absolute Gasteiger partial charge is 0.371 e. The van der Waals surface area contributed by atoms with Gasteiger partial charge in [-0.2, -0.15) is 0 Å². The van der Waals surface area contributed by atoms with Gasteiger partial charge in [0.2, 0.25) is 0 Å². The van der Waals surface area contributed by atoms with Crippen molar-refractivity contribution in [2.75, 3.05) is 24.5 Å². The zero-order chi connectivity index (χ0) is 17.0. The molecular formula is C20H31N3O. The topological polar surface area (TPSA) is 58.4 Å².